The fourth-order valence-electron chi connectivity index (χ4n) is 1.57. The van der Waals surface area contributed by atoms with Crippen molar-refractivity contribution >= 4 is 23.2 Å². The maximum absolute atomic E-state index is 8.63. The molecule has 1 aromatic carbocycles. The molecule has 0 aliphatic heterocycles. The number of hydrogen-bond acceptors (Lipinski definition) is 6. The fraction of sp³-hybridized carbons (Fsp3) is 0.286. The zero-order chi connectivity index (χ0) is 15.1. The van der Waals surface area contributed by atoms with Gasteiger partial charge in [-0.25, -0.2) is 0 Å². The van der Waals surface area contributed by atoms with E-state index in [0.717, 1.165) is 17.7 Å². The van der Waals surface area contributed by atoms with Crippen LogP contribution in [0.25, 0.3) is 0 Å². The van der Waals surface area contributed by atoms with Gasteiger partial charge in [-0.2, -0.15) is 20.2 Å². The number of benzene rings is 1. The molecule has 0 saturated carbocycles. The Morgan fingerprint density at radius 2 is 2.00 bits per heavy atom. The molecule has 0 atom stereocenters. The first-order chi connectivity index (χ1) is 10.2. The van der Waals surface area contributed by atoms with Crippen LogP contribution in [0.4, 0.5) is 11.6 Å². The summed E-state index contributed by atoms with van der Waals surface area (Å²) in [5, 5.41) is 11.7. The van der Waals surface area contributed by atoms with Gasteiger partial charge in [0.15, 0.2) is 0 Å². The molecule has 0 unspecified atom stereocenters. The van der Waals surface area contributed by atoms with Crippen LogP contribution in [0.1, 0.15) is 18.9 Å². The van der Waals surface area contributed by atoms with Crippen LogP contribution in [0.15, 0.2) is 24.3 Å². The third-order valence-electron chi connectivity index (χ3n) is 2.52. The lowest BCUT2D eigenvalue weighted by Gasteiger charge is -2.07. The van der Waals surface area contributed by atoms with Gasteiger partial charge in [-0.15, -0.1) is 0 Å². The van der Waals surface area contributed by atoms with E-state index in [4.69, 9.17) is 21.6 Å². The highest BCUT2D eigenvalue weighted by molar-refractivity contribution is 6.28. The van der Waals surface area contributed by atoms with Crippen LogP contribution in [0.2, 0.25) is 5.28 Å². The molecule has 6 nitrogen and oxygen atoms in total. The zero-order valence-corrected chi connectivity index (χ0v) is 12.3. The molecule has 2 rings (SSSR count). The summed E-state index contributed by atoms with van der Waals surface area (Å²) in [6, 6.07) is 9.71. The number of hydrogen-bond donors (Lipinski definition) is 1. The van der Waals surface area contributed by atoms with Crippen LogP contribution in [-0.2, 0) is 6.42 Å². The van der Waals surface area contributed by atoms with E-state index in [-0.39, 0.29) is 11.3 Å². The maximum Gasteiger partial charge on any atom is 0.322 e. The van der Waals surface area contributed by atoms with Gasteiger partial charge >= 0.3 is 6.01 Å². The summed E-state index contributed by atoms with van der Waals surface area (Å²) in [6.07, 6.45) is 1.24. The van der Waals surface area contributed by atoms with Gasteiger partial charge in [-0.3, -0.25) is 0 Å². The Kier molecular flexibility index (Phi) is 5.29. The summed E-state index contributed by atoms with van der Waals surface area (Å²) in [6.45, 7) is 2.51. The highest BCUT2D eigenvalue weighted by Gasteiger charge is 2.06. The number of anilines is 2. The molecule has 1 heterocycles. The normalized spacial score (nSPS) is 9.95. The van der Waals surface area contributed by atoms with Gasteiger partial charge in [0.1, 0.15) is 0 Å². The van der Waals surface area contributed by atoms with Crippen molar-refractivity contribution in [3.63, 3.8) is 0 Å². The molecule has 1 N–H and O–H groups in total. The van der Waals surface area contributed by atoms with Crippen molar-refractivity contribution in [3.05, 3.63) is 35.1 Å². The van der Waals surface area contributed by atoms with Crippen LogP contribution in [0.3, 0.4) is 0 Å². The predicted octanol–water partition coefficient (Wildman–Crippen LogP) is 3.12. The van der Waals surface area contributed by atoms with Crippen molar-refractivity contribution in [2.24, 2.45) is 0 Å². The first-order valence-electron chi connectivity index (χ1n) is 6.48. The molecule has 0 fully saturated rings. The number of rotatable bonds is 6. The van der Waals surface area contributed by atoms with E-state index < -0.39 is 0 Å². The third kappa shape index (κ3) is 4.58. The second-order valence-corrected chi connectivity index (χ2v) is 4.55. The van der Waals surface area contributed by atoms with Crippen molar-refractivity contribution in [1.29, 1.82) is 5.26 Å². The lowest BCUT2D eigenvalue weighted by atomic mass is 10.1. The van der Waals surface area contributed by atoms with E-state index in [2.05, 4.69) is 26.3 Å². The van der Waals surface area contributed by atoms with E-state index in [1.165, 1.54) is 0 Å². The second kappa shape index (κ2) is 7.41. The maximum atomic E-state index is 8.63. The standard InChI is InChI=1S/C14H14ClN5O/c1-2-9-21-14-19-12(15)18-13(20-14)17-11-5-3-10(4-6-11)7-8-16/h3-6H,2,7,9H2,1H3,(H,17,18,19,20). The number of ether oxygens (including phenoxy) is 1. The van der Waals surface area contributed by atoms with Gasteiger partial charge in [0.2, 0.25) is 11.2 Å². The highest BCUT2D eigenvalue weighted by atomic mass is 35.5. The molecule has 2 aromatic rings. The van der Waals surface area contributed by atoms with Crippen LogP contribution in [0, 0.1) is 11.3 Å². The summed E-state index contributed by atoms with van der Waals surface area (Å²) in [7, 11) is 0. The molecule has 0 bridgehead atoms. The Balaban J connectivity index is 2.11. The van der Waals surface area contributed by atoms with E-state index in [0.29, 0.717) is 19.0 Å². The molecule has 0 aliphatic carbocycles. The van der Waals surface area contributed by atoms with Gasteiger partial charge in [0.25, 0.3) is 0 Å². The topological polar surface area (TPSA) is 83.7 Å². The average molecular weight is 304 g/mol. The summed E-state index contributed by atoms with van der Waals surface area (Å²) < 4.78 is 5.34. The monoisotopic (exact) mass is 303 g/mol. The van der Waals surface area contributed by atoms with Crippen LogP contribution < -0.4 is 10.1 Å². The van der Waals surface area contributed by atoms with Crippen molar-refractivity contribution in [3.8, 4) is 12.1 Å². The molecule has 0 saturated heterocycles. The molecule has 7 heteroatoms. The summed E-state index contributed by atoms with van der Waals surface area (Å²) >= 11 is 5.84. The minimum atomic E-state index is 0.0692. The van der Waals surface area contributed by atoms with Crippen LogP contribution in [-0.4, -0.2) is 21.6 Å². The Hall–Kier alpha value is -2.39. The summed E-state index contributed by atoms with van der Waals surface area (Å²) in [5.74, 6) is 0.314. The molecule has 108 valence electrons. The minimum Gasteiger partial charge on any atom is -0.463 e. The number of halogens is 1. The van der Waals surface area contributed by atoms with E-state index >= 15 is 0 Å². The van der Waals surface area contributed by atoms with Crippen molar-refractivity contribution in [1.82, 2.24) is 15.0 Å². The van der Waals surface area contributed by atoms with Gasteiger partial charge in [0, 0.05) is 5.69 Å². The van der Waals surface area contributed by atoms with Crippen LogP contribution >= 0.6 is 11.6 Å². The molecule has 0 amide bonds. The number of nitrogens with zero attached hydrogens (tertiary/aromatic N) is 4. The van der Waals surface area contributed by atoms with E-state index in [1.54, 1.807) is 0 Å². The Morgan fingerprint density at radius 1 is 1.24 bits per heavy atom. The second-order valence-electron chi connectivity index (χ2n) is 4.22. The van der Waals surface area contributed by atoms with Gasteiger partial charge in [-0.1, -0.05) is 19.1 Å². The first kappa shape index (κ1) is 15.0. The Bertz CT molecular complexity index is 639. The van der Waals surface area contributed by atoms with Crippen LogP contribution in [0.5, 0.6) is 6.01 Å². The summed E-state index contributed by atoms with van der Waals surface area (Å²) in [5.41, 5.74) is 1.74. The van der Waals surface area contributed by atoms with E-state index in [1.807, 2.05) is 31.2 Å². The zero-order valence-electron chi connectivity index (χ0n) is 11.5. The van der Waals surface area contributed by atoms with Gasteiger partial charge < -0.3 is 10.1 Å². The molecule has 21 heavy (non-hydrogen) atoms. The number of nitrogens with one attached hydrogen (secondary N) is 1. The van der Waals surface area contributed by atoms with Crippen molar-refractivity contribution < 1.29 is 4.74 Å². The quantitative estimate of drug-likeness (QED) is 0.882. The first-order valence-corrected chi connectivity index (χ1v) is 6.86. The van der Waals surface area contributed by atoms with Gasteiger partial charge in [-0.05, 0) is 35.7 Å². The Labute approximate surface area is 127 Å². The highest BCUT2D eigenvalue weighted by Crippen LogP contribution is 2.17. The molecule has 0 spiro atoms. The lowest BCUT2D eigenvalue weighted by molar-refractivity contribution is 0.292. The number of aromatic nitrogens is 3. The molecule has 0 aliphatic rings. The predicted molar refractivity (Wildman–Crippen MR) is 79.7 cm³/mol. The number of nitriles is 1. The smallest absolute Gasteiger partial charge is 0.322 e. The molecular formula is C14H14ClN5O. The largest absolute Gasteiger partial charge is 0.463 e. The Morgan fingerprint density at radius 3 is 2.67 bits per heavy atom. The molecular weight excluding hydrogens is 290 g/mol. The molecule has 0 radical (unpaired) electrons. The van der Waals surface area contributed by atoms with Crippen molar-refractivity contribution in [2.75, 3.05) is 11.9 Å². The molecule has 1 aromatic heterocycles. The van der Waals surface area contributed by atoms with E-state index in [9.17, 15) is 0 Å². The third-order valence-corrected chi connectivity index (χ3v) is 2.69. The summed E-state index contributed by atoms with van der Waals surface area (Å²) in [4.78, 5) is 12.0. The minimum absolute atomic E-state index is 0.0692. The SMILES string of the molecule is CCCOc1nc(Cl)nc(Nc2ccc(CC#N)cc2)n1. The lowest BCUT2D eigenvalue weighted by Crippen LogP contribution is -2.04. The van der Waals surface area contributed by atoms with Gasteiger partial charge in [0.05, 0.1) is 19.1 Å². The fourth-order valence-corrected chi connectivity index (χ4v) is 1.72. The van der Waals surface area contributed by atoms with Crippen molar-refractivity contribution in [2.45, 2.75) is 19.8 Å². The average Bonchev–Trinajstić information content (AvgIpc) is 2.47.